The molecule has 0 aliphatic rings. The molecule has 0 spiro atoms. The van der Waals surface area contributed by atoms with E-state index in [-0.39, 0.29) is 5.82 Å². The van der Waals surface area contributed by atoms with Crippen LogP contribution in [0.1, 0.15) is 0 Å². The van der Waals surface area contributed by atoms with E-state index in [1.54, 1.807) is 12.1 Å². The summed E-state index contributed by atoms with van der Waals surface area (Å²) in [6.07, 6.45) is 0. The third kappa shape index (κ3) is 2.50. The lowest BCUT2D eigenvalue weighted by atomic mass is 10.3. The second-order valence-electron chi connectivity index (χ2n) is 2.02. The van der Waals surface area contributed by atoms with Gasteiger partial charge in [0.25, 0.3) is 0 Å². The normalized spacial score (nSPS) is 9.42. The summed E-state index contributed by atoms with van der Waals surface area (Å²) in [5.41, 5.74) is 0. The highest BCUT2D eigenvalue weighted by molar-refractivity contribution is 9.10. The quantitative estimate of drug-likeness (QED) is 0.748. The molecule has 0 aliphatic carbocycles. The molecule has 0 amide bonds. The average Bonchev–Trinajstić information content (AvgIpc) is 2.07. The smallest absolute Gasteiger partial charge is 0.137 e. The van der Waals surface area contributed by atoms with Crippen LogP contribution in [0.25, 0.3) is 0 Å². The van der Waals surface area contributed by atoms with Gasteiger partial charge in [0.05, 0.1) is 16.3 Å². The maximum Gasteiger partial charge on any atom is 0.137 e. The number of hydrogen-bond donors (Lipinski definition) is 0. The Morgan fingerprint density at radius 3 is 2.92 bits per heavy atom. The molecule has 0 bridgehead atoms. The molecular weight excluding hydrogens is 241 g/mol. The molecule has 0 fully saturated rings. The number of hydrogen-bond acceptors (Lipinski definition) is 2. The van der Waals surface area contributed by atoms with Crippen LogP contribution in [0.2, 0.25) is 0 Å². The molecule has 1 nitrogen and oxygen atoms in total. The van der Waals surface area contributed by atoms with Gasteiger partial charge in [-0.25, -0.2) is 4.39 Å². The molecule has 0 N–H and O–H groups in total. The van der Waals surface area contributed by atoms with Crippen LogP contribution < -0.4 is 0 Å². The fourth-order valence-electron chi connectivity index (χ4n) is 0.682. The van der Waals surface area contributed by atoms with Gasteiger partial charge in [-0.05, 0) is 34.1 Å². The van der Waals surface area contributed by atoms with Crippen LogP contribution in [-0.2, 0) is 0 Å². The Morgan fingerprint density at radius 2 is 2.33 bits per heavy atom. The van der Waals surface area contributed by atoms with Crippen LogP contribution in [0.5, 0.6) is 0 Å². The van der Waals surface area contributed by atoms with Crippen molar-refractivity contribution in [2.45, 2.75) is 4.90 Å². The van der Waals surface area contributed by atoms with E-state index in [0.717, 1.165) is 4.90 Å². The molecule has 1 aromatic carbocycles. The van der Waals surface area contributed by atoms with E-state index in [2.05, 4.69) is 15.9 Å². The van der Waals surface area contributed by atoms with Gasteiger partial charge in [-0.3, -0.25) is 0 Å². The number of nitriles is 1. The fourth-order valence-corrected chi connectivity index (χ4v) is 1.81. The lowest BCUT2D eigenvalue weighted by Crippen LogP contribution is -1.79. The van der Waals surface area contributed by atoms with Gasteiger partial charge in [0, 0.05) is 4.90 Å². The van der Waals surface area contributed by atoms with E-state index < -0.39 is 0 Å². The van der Waals surface area contributed by atoms with Gasteiger partial charge in [0.2, 0.25) is 0 Å². The zero-order valence-corrected chi connectivity index (χ0v) is 8.45. The first-order chi connectivity index (χ1) is 5.74. The summed E-state index contributed by atoms with van der Waals surface area (Å²) in [6, 6.07) is 6.70. The maximum absolute atomic E-state index is 12.7. The zero-order chi connectivity index (χ0) is 8.97. The fraction of sp³-hybridized carbons (Fsp3) is 0.125. The van der Waals surface area contributed by atoms with Crippen LogP contribution in [-0.4, -0.2) is 5.75 Å². The Labute approximate surface area is 82.7 Å². The predicted molar refractivity (Wildman–Crippen MR) is 50.4 cm³/mol. The number of thioether (sulfide) groups is 1. The van der Waals surface area contributed by atoms with E-state index in [1.165, 1.54) is 17.8 Å². The number of rotatable bonds is 2. The van der Waals surface area contributed by atoms with Crippen LogP contribution in [0.4, 0.5) is 4.39 Å². The van der Waals surface area contributed by atoms with Gasteiger partial charge in [0.1, 0.15) is 5.82 Å². The molecule has 0 atom stereocenters. The van der Waals surface area contributed by atoms with Crippen molar-refractivity contribution in [1.29, 1.82) is 5.26 Å². The van der Waals surface area contributed by atoms with Gasteiger partial charge in [0.15, 0.2) is 0 Å². The molecule has 1 aromatic rings. The predicted octanol–water partition coefficient (Wildman–Crippen LogP) is 3.20. The molecule has 0 heterocycles. The van der Waals surface area contributed by atoms with E-state index in [4.69, 9.17) is 5.26 Å². The number of benzene rings is 1. The van der Waals surface area contributed by atoms with Gasteiger partial charge in [-0.15, -0.1) is 11.8 Å². The van der Waals surface area contributed by atoms with Crippen molar-refractivity contribution in [2.75, 3.05) is 5.75 Å². The summed E-state index contributed by atoms with van der Waals surface area (Å²) in [5, 5.41) is 8.29. The summed E-state index contributed by atoms with van der Waals surface area (Å²) in [6.45, 7) is 0. The van der Waals surface area contributed by atoms with Crippen LogP contribution >= 0.6 is 27.7 Å². The first-order valence-corrected chi connectivity index (χ1v) is 4.96. The van der Waals surface area contributed by atoms with Crippen molar-refractivity contribution < 1.29 is 4.39 Å². The topological polar surface area (TPSA) is 23.8 Å². The van der Waals surface area contributed by atoms with E-state index in [0.29, 0.717) is 10.2 Å². The molecular formula is C8H5BrFNS. The minimum Gasteiger partial charge on any atom is -0.206 e. The Balaban J connectivity index is 2.77. The summed E-state index contributed by atoms with van der Waals surface area (Å²) >= 11 is 4.45. The molecule has 0 saturated carbocycles. The Bertz CT molecular complexity index is 321. The lowest BCUT2D eigenvalue weighted by molar-refractivity contribution is 0.619. The Hall–Kier alpha value is -0.530. The third-order valence-corrected chi connectivity index (χ3v) is 2.66. The van der Waals surface area contributed by atoms with Crippen molar-refractivity contribution in [3.63, 3.8) is 0 Å². The number of nitrogens with zero attached hydrogens (tertiary/aromatic N) is 1. The second-order valence-corrected chi connectivity index (χ2v) is 3.93. The Morgan fingerprint density at radius 1 is 1.58 bits per heavy atom. The van der Waals surface area contributed by atoms with Gasteiger partial charge in [-0.1, -0.05) is 0 Å². The van der Waals surface area contributed by atoms with Gasteiger partial charge < -0.3 is 0 Å². The van der Waals surface area contributed by atoms with Crippen molar-refractivity contribution in [3.05, 3.63) is 28.5 Å². The molecule has 0 saturated heterocycles. The molecule has 0 aromatic heterocycles. The van der Waals surface area contributed by atoms with Gasteiger partial charge in [-0.2, -0.15) is 5.26 Å². The first-order valence-electron chi connectivity index (χ1n) is 3.19. The number of halogens is 2. The maximum atomic E-state index is 12.7. The van der Waals surface area contributed by atoms with E-state index in [1.807, 2.05) is 6.07 Å². The third-order valence-electron chi connectivity index (χ3n) is 1.19. The summed E-state index contributed by atoms with van der Waals surface area (Å²) in [7, 11) is 0. The van der Waals surface area contributed by atoms with E-state index >= 15 is 0 Å². The summed E-state index contributed by atoms with van der Waals surface area (Å²) in [4.78, 5) is 0.893. The van der Waals surface area contributed by atoms with Crippen molar-refractivity contribution in [3.8, 4) is 6.07 Å². The molecule has 12 heavy (non-hydrogen) atoms. The average molecular weight is 246 g/mol. The molecule has 0 aliphatic heterocycles. The van der Waals surface area contributed by atoms with Crippen molar-refractivity contribution in [2.24, 2.45) is 0 Å². The standard InChI is InChI=1S/C8H5BrFNS/c9-7-5-6(12-4-3-11)1-2-8(7)10/h1-2,5H,4H2. The zero-order valence-electron chi connectivity index (χ0n) is 6.05. The second kappa shape index (κ2) is 4.48. The first kappa shape index (κ1) is 9.56. The highest BCUT2D eigenvalue weighted by atomic mass is 79.9. The Kier molecular flexibility index (Phi) is 3.57. The minimum absolute atomic E-state index is 0.281. The minimum atomic E-state index is -0.281. The molecule has 4 heteroatoms. The summed E-state index contributed by atoms with van der Waals surface area (Å²) < 4.78 is 13.1. The molecule has 0 radical (unpaired) electrons. The van der Waals surface area contributed by atoms with Crippen LogP contribution in [0.15, 0.2) is 27.6 Å². The highest BCUT2D eigenvalue weighted by Crippen LogP contribution is 2.23. The van der Waals surface area contributed by atoms with Crippen molar-refractivity contribution >= 4 is 27.7 Å². The molecule has 1 rings (SSSR count). The highest BCUT2D eigenvalue weighted by Gasteiger charge is 1.99. The largest absolute Gasteiger partial charge is 0.206 e. The van der Waals surface area contributed by atoms with Crippen LogP contribution in [0, 0.1) is 17.1 Å². The summed E-state index contributed by atoms with van der Waals surface area (Å²) in [5.74, 6) is 0.106. The molecule has 62 valence electrons. The van der Waals surface area contributed by atoms with E-state index in [9.17, 15) is 4.39 Å². The lowest BCUT2D eigenvalue weighted by Gasteiger charge is -1.98. The van der Waals surface area contributed by atoms with Crippen molar-refractivity contribution in [1.82, 2.24) is 0 Å². The van der Waals surface area contributed by atoms with Crippen LogP contribution in [0.3, 0.4) is 0 Å². The molecule has 0 unspecified atom stereocenters. The SMILES string of the molecule is N#CCSc1ccc(F)c(Br)c1. The van der Waals surface area contributed by atoms with Gasteiger partial charge >= 0.3 is 0 Å². The monoisotopic (exact) mass is 245 g/mol.